The van der Waals surface area contributed by atoms with Crippen LogP contribution in [-0.4, -0.2) is 11.5 Å². The molecule has 0 aliphatic carbocycles. The number of nitrogens with one attached hydrogen (secondary N) is 1. The molecule has 0 saturated heterocycles. The van der Waals surface area contributed by atoms with E-state index in [1.54, 1.807) is 6.26 Å². The Bertz CT molecular complexity index is 507. The van der Waals surface area contributed by atoms with Crippen LogP contribution in [0.15, 0.2) is 41.1 Å². The smallest absolute Gasteiger partial charge is 0.108 e. The summed E-state index contributed by atoms with van der Waals surface area (Å²) in [6.45, 7) is 7.54. The van der Waals surface area contributed by atoms with Crippen LogP contribution in [0.3, 0.4) is 0 Å². The van der Waals surface area contributed by atoms with E-state index in [-0.39, 0.29) is 6.04 Å². The summed E-state index contributed by atoms with van der Waals surface area (Å²) in [5.74, 6) is 1.38. The van der Waals surface area contributed by atoms with Gasteiger partial charge in [-0.1, -0.05) is 26.8 Å². The van der Waals surface area contributed by atoms with Crippen LogP contribution in [0.4, 0.5) is 0 Å². The molecule has 3 nitrogen and oxygen atoms in total. The average Bonchev–Trinajstić information content (AvgIpc) is 2.96. The number of pyridine rings is 1. The van der Waals surface area contributed by atoms with Crippen LogP contribution in [-0.2, 0) is 6.42 Å². The Balaban J connectivity index is 2.27. The minimum atomic E-state index is 0.249. The molecule has 108 valence electrons. The normalized spacial score (nSPS) is 14.2. The summed E-state index contributed by atoms with van der Waals surface area (Å²) < 4.78 is 5.60. The van der Waals surface area contributed by atoms with Crippen molar-refractivity contribution >= 4 is 0 Å². The quantitative estimate of drug-likeness (QED) is 0.825. The summed E-state index contributed by atoms with van der Waals surface area (Å²) in [5.41, 5.74) is 2.38. The van der Waals surface area contributed by atoms with Gasteiger partial charge in [0, 0.05) is 35.8 Å². The molecule has 0 bridgehead atoms. The second-order valence-corrected chi connectivity index (χ2v) is 5.13. The topological polar surface area (TPSA) is 38.1 Å². The van der Waals surface area contributed by atoms with Crippen molar-refractivity contribution in [3.05, 3.63) is 53.7 Å². The van der Waals surface area contributed by atoms with E-state index in [2.05, 4.69) is 43.2 Å². The number of aryl methyl sites for hydroxylation is 1. The fourth-order valence-corrected chi connectivity index (χ4v) is 2.59. The van der Waals surface area contributed by atoms with Crippen molar-refractivity contribution in [2.75, 3.05) is 6.54 Å². The number of aromatic nitrogens is 1. The first-order valence-electron chi connectivity index (χ1n) is 7.48. The molecule has 2 aromatic rings. The van der Waals surface area contributed by atoms with Gasteiger partial charge in [-0.05, 0) is 31.2 Å². The highest BCUT2D eigenvalue weighted by Crippen LogP contribution is 2.32. The molecule has 1 N–H and O–H groups in total. The molecule has 2 unspecified atom stereocenters. The third-order valence-electron chi connectivity index (χ3n) is 3.70. The third-order valence-corrected chi connectivity index (χ3v) is 3.70. The van der Waals surface area contributed by atoms with Gasteiger partial charge in [-0.2, -0.15) is 0 Å². The highest BCUT2D eigenvalue weighted by molar-refractivity contribution is 5.26. The van der Waals surface area contributed by atoms with Gasteiger partial charge in [-0.3, -0.25) is 4.98 Å². The number of hydrogen-bond donors (Lipinski definition) is 1. The first-order chi connectivity index (χ1) is 9.77. The largest absolute Gasteiger partial charge is 0.469 e. The van der Waals surface area contributed by atoms with Gasteiger partial charge in [0.15, 0.2) is 0 Å². The lowest BCUT2D eigenvalue weighted by Crippen LogP contribution is -2.27. The van der Waals surface area contributed by atoms with Crippen molar-refractivity contribution in [3.63, 3.8) is 0 Å². The van der Waals surface area contributed by atoms with Crippen LogP contribution >= 0.6 is 0 Å². The van der Waals surface area contributed by atoms with Gasteiger partial charge >= 0.3 is 0 Å². The van der Waals surface area contributed by atoms with Crippen molar-refractivity contribution < 1.29 is 4.42 Å². The molecule has 2 aromatic heterocycles. The Morgan fingerprint density at radius 2 is 2.10 bits per heavy atom. The monoisotopic (exact) mass is 272 g/mol. The summed E-state index contributed by atoms with van der Waals surface area (Å²) in [6.07, 6.45) is 5.69. The predicted octanol–water partition coefficient (Wildman–Crippen LogP) is 4.08. The third kappa shape index (κ3) is 3.28. The lowest BCUT2D eigenvalue weighted by atomic mass is 9.91. The SMILES string of the molecule is CCCNC(c1ccoc1CC)C(C)c1ccccn1. The molecule has 0 aliphatic rings. The van der Waals surface area contributed by atoms with E-state index in [1.165, 1.54) is 5.56 Å². The Labute approximate surface area is 121 Å². The minimum Gasteiger partial charge on any atom is -0.469 e. The standard InChI is InChI=1S/C17H24N2O/c1-4-10-19-17(14-9-12-20-16(14)5-2)13(3)15-8-6-7-11-18-15/h6-9,11-13,17,19H,4-5,10H2,1-3H3. The van der Waals surface area contributed by atoms with Gasteiger partial charge in [-0.25, -0.2) is 0 Å². The van der Waals surface area contributed by atoms with Crippen LogP contribution in [0.25, 0.3) is 0 Å². The van der Waals surface area contributed by atoms with Crippen molar-refractivity contribution in [1.82, 2.24) is 10.3 Å². The number of furan rings is 1. The number of rotatable bonds is 7. The zero-order chi connectivity index (χ0) is 14.4. The van der Waals surface area contributed by atoms with Gasteiger partial charge in [-0.15, -0.1) is 0 Å². The van der Waals surface area contributed by atoms with E-state index in [0.717, 1.165) is 30.8 Å². The van der Waals surface area contributed by atoms with E-state index in [1.807, 2.05) is 18.3 Å². The summed E-state index contributed by atoms with van der Waals surface area (Å²) in [4.78, 5) is 4.50. The maximum absolute atomic E-state index is 5.60. The maximum Gasteiger partial charge on any atom is 0.108 e. The van der Waals surface area contributed by atoms with Crippen molar-refractivity contribution in [1.29, 1.82) is 0 Å². The van der Waals surface area contributed by atoms with E-state index in [9.17, 15) is 0 Å². The van der Waals surface area contributed by atoms with Gasteiger partial charge in [0.25, 0.3) is 0 Å². The van der Waals surface area contributed by atoms with E-state index in [4.69, 9.17) is 4.42 Å². The van der Waals surface area contributed by atoms with Crippen molar-refractivity contribution in [3.8, 4) is 0 Å². The van der Waals surface area contributed by atoms with Crippen LogP contribution in [0.2, 0.25) is 0 Å². The second kappa shape index (κ2) is 7.25. The predicted molar refractivity (Wildman–Crippen MR) is 81.8 cm³/mol. The molecule has 0 fully saturated rings. The summed E-state index contributed by atoms with van der Waals surface area (Å²) in [7, 11) is 0. The van der Waals surface area contributed by atoms with E-state index < -0.39 is 0 Å². The highest BCUT2D eigenvalue weighted by atomic mass is 16.3. The van der Waals surface area contributed by atoms with E-state index in [0.29, 0.717) is 5.92 Å². The molecule has 0 radical (unpaired) electrons. The Kier molecular flexibility index (Phi) is 5.36. The Morgan fingerprint density at radius 1 is 1.25 bits per heavy atom. The molecule has 3 heteroatoms. The second-order valence-electron chi connectivity index (χ2n) is 5.13. The Morgan fingerprint density at radius 3 is 2.75 bits per heavy atom. The molecule has 2 rings (SSSR count). The summed E-state index contributed by atoms with van der Waals surface area (Å²) >= 11 is 0. The first-order valence-corrected chi connectivity index (χ1v) is 7.48. The van der Waals surface area contributed by atoms with Crippen LogP contribution in [0.1, 0.15) is 56.2 Å². The zero-order valence-electron chi connectivity index (χ0n) is 12.6. The molecule has 0 spiro atoms. The molecule has 20 heavy (non-hydrogen) atoms. The van der Waals surface area contributed by atoms with Gasteiger partial charge in [0.1, 0.15) is 5.76 Å². The van der Waals surface area contributed by atoms with Crippen LogP contribution in [0, 0.1) is 0 Å². The zero-order valence-corrected chi connectivity index (χ0v) is 12.6. The molecule has 0 amide bonds. The average molecular weight is 272 g/mol. The van der Waals surface area contributed by atoms with Crippen LogP contribution < -0.4 is 5.32 Å². The Hall–Kier alpha value is -1.61. The lowest BCUT2D eigenvalue weighted by Gasteiger charge is -2.25. The van der Waals surface area contributed by atoms with E-state index >= 15 is 0 Å². The molecule has 2 heterocycles. The fraction of sp³-hybridized carbons (Fsp3) is 0.471. The molecule has 0 aliphatic heterocycles. The van der Waals surface area contributed by atoms with Crippen LogP contribution in [0.5, 0.6) is 0 Å². The summed E-state index contributed by atoms with van der Waals surface area (Å²) in [6, 6.07) is 8.44. The van der Waals surface area contributed by atoms with Gasteiger partial charge in [0.05, 0.1) is 6.26 Å². The van der Waals surface area contributed by atoms with Crippen molar-refractivity contribution in [2.24, 2.45) is 0 Å². The molecule has 0 saturated carbocycles. The molecular formula is C17H24N2O. The number of nitrogens with zero attached hydrogens (tertiary/aromatic N) is 1. The van der Waals surface area contributed by atoms with Gasteiger partial charge < -0.3 is 9.73 Å². The molecule has 0 aromatic carbocycles. The van der Waals surface area contributed by atoms with Gasteiger partial charge in [0.2, 0.25) is 0 Å². The first kappa shape index (κ1) is 14.8. The maximum atomic E-state index is 5.60. The molecule has 2 atom stereocenters. The fourth-order valence-electron chi connectivity index (χ4n) is 2.59. The lowest BCUT2D eigenvalue weighted by molar-refractivity contribution is 0.440. The van der Waals surface area contributed by atoms with Crippen molar-refractivity contribution in [2.45, 2.75) is 45.6 Å². The summed E-state index contributed by atoms with van der Waals surface area (Å²) in [5, 5.41) is 3.64. The number of hydrogen-bond acceptors (Lipinski definition) is 3. The molecular weight excluding hydrogens is 248 g/mol. The highest BCUT2D eigenvalue weighted by Gasteiger charge is 2.24. The minimum absolute atomic E-state index is 0.249.